The van der Waals surface area contributed by atoms with E-state index < -0.39 is 0 Å². The average molecular weight is 348 g/mol. The molecule has 2 N–H and O–H groups in total. The van der Waals surface area contributed by atoms with Crippen molar-refractivity contribution in [2.45, 2.75) is 6.10 Å². The lowest BCUT2D eigenvalue weighted by atomic mass is 10.1. The summed E-state index contributed by atoms with van der Waals surface area (Å²) in [6.45, 7) is 2.41. The number of rotatable bonds is 4. The van der Waals surface area contributed by atoms with Crippen molar-refractivity contribution in [1.29, 1.82) is 0 Å². The van der Waals surface area contributed by atoms with Gasteiger partial charge in [-0.2, -0.15) is 5.10 Å². The van der Waals surface area contributed by atoms with E-state index in [2.05, 4.69) is 15.7 Å². The highest BCUT2D eigenvalue weighted by molar-refractivity contribution is 6.02. The van der Waals surface area contributed by atoms with Gasteiger partial charge in [0.25, 0.3) is 5.91 Å². The number of benzene rings is 2. The summed E-state index contributed by atoms with van der Waals surface area (Å²) >= 11 is 0. The van der Waals surface area contributed by atoms with Crippen LogP contribution < -0.4 is 10.6 Å². The number of carbonyl (C=O) groups is 1. The molecule has 6 nitrogen and oxygen atoms in total. The van der Waals surface area contributed by atoms with Crippen molar-refractivity contribution >= 4 is 11.6 Å². The van der Waals surface area contributed by atoms with Crippen LogP contribution in [0.5, 0.6) is 0 Å². The molecule has 132 valence electrons. The van der Waals surface area contributed by atoms with Crippen molar-refractivity contribution in [3.63, 3.8) is 0 Å². The van der Waals surface area contributed by atoms with E-state index in [9.17, 15) is 4.79 Å². The van der Waals surface area contributed by atoms with Crippen molar-refractivity contribution in [2.75, 3.05) is 25.0 Å². The van der Waals surface area contributed by atoms with E-state index in [-0.39, 0.29) is 12.0 Å². The van der Waals surface area contributed by atoms with Crippen LogP contribution in [0.3, 0.4) is 0 Å². The molecule has 0 aliphatic carbocycles. The summed E-state index contributed by atoms with van der Waals surface area (Å²) in [7, 11) is 0. The van der Waals surface area contributed by atoms with Crippen LogP contribution in [0.4, 0.5) is 5.69 Å². The van der Waals surface area contributed by atoms with Crippen LogP contribution in [0.25, 0.3) is 5.69 Å². The highest BCUT2D eigenvalue weighted by Crippen LogP contribution is 2.21. The van der Waals surface area contributed by atoms with E-state index in [1.807, 2.05) is 54.6 Å². The van der Waals surface area contributed by atoms with E-state index in [1.54, 1.807) is 16.9 Å². The third-order valence-corrected chi connectivity index (χ3v) is 4.31. The van der Waals surface area contributed by atoms with Gasteiger partial charge in [0, 0.05) is 25.0 Å². The van der Waals surface area contributed by atoms with Crippen molar-refractivity contribution in [2.24, 2.45) is 0 Å². The van der Waals surface area contributed by atoms with Gasteiger partial charge in [-0.05, 0) is 35.9 Å². The Kier molecular flexibility index (Phi) is 4.77. The molecule has 1 aromatic heterocycles. The second-order valence-corrected chi connectivity index (χ2v) is 6.12. The molecule has 0 radical (unpaired) electrons. The third-order valence-electron chi connectivity index (χ3n) is 4.31. The first-order valence-corrected chi connectivity index (χ1v) is 8.64. The van der Waals surface area contributed by atoms with Gasteiger partial charge in [0.05, 0.1) is 18.4 Å². The minimum atomic E-state index is -0.233. The molecular weight excluding hydrogens is 328 g/mol. The largest absolute Gasteiger partial charge is 0.371 e. The van der Waals surface area contributed by atoms with Crippen molar-refractivity contribution in [1.82, 2.24) is 15.1 Å². The zero-order chi connectivity index (χ0) is 17.8. The van der Waals surface area contributed by atoms with Crippen LogP contribution >= 0.6 is 0 Å². The van der Waals surface area contributed by atoms with Crippen molar-refractivity contribution in [3.05, 3.63) is 78.1 Å². The zero-order valence-corrected chi connectivity index (χ0v) is 14.3. The zero-order valence-electron chi connectivity index (χ0n) is 14.3. The number of ether oxygens (including phenoxy) is 1. The molecule has 1 aliphatic heterocycles. The van der Waals surface area contributed by atoms with Crippen LogP contribution in [0, 0.1) is 0 Å². The Hall–Kier alpha value is -2.96. The molecule has 0 bridgehead atoms. The fourth-order valence-electron chi connectivity index (χ4n) is 2.93. The Balaban J connectivity index is 1.42. The summed E-state index contributed by atoms with van der Waals surface area (Å²) in [6, 6.07) is 19.1. The fraction of sp³-hybridized carbons (Fsp3) is 0.200. The molecule has 3 aromatic rings. The quantitative estimate of drug-likeness (QED) is 0.761. The predicted molar refractivity (Wildman–Crippen MR) is 99.5 cm³/mol. The van der Waals surface area contributed by atoms with Gasteiger partial charge in [-0.1, -0.05) is 30.3 Å². The number of aromatic nitrogens is 2. The summed E-state index contributed by atoms with van der Waals surface area (Å²) in [5.41, 5.74) is 3.12. The Bertz CT molecular complexity index is 868. The number of carbonyl (C=O) groups excluding carboxylic acids is 1. The molecule has 26 heavy (non-hydrogen) atoms. The Labute approximate surface area is 151 Å². The normalized spacial score (nSPS) is 17.0. The number of anilines is 1. The molecule has 1 saturated heterocycles. The van der Waals surface area contributed by atoms with Crippen molar-refractivity contribution in [3.8, 4) is 5.69 Å². The lowest BCUT2D eigenvalue weighted by Gasteiger charge is -2.24. The summed E-state index contributed by atoms with van der Waals surface area (Å²) in [5.74, 6) is -0.233. The number of para-hydroxylation sites is 1. The molecule has 1 atom stereocenters. The van der Waals surface area contributed by atoms with Crippen LogP contribution in [0.15, 0.2) is 66.9 Å². The highest BCUT2D eigenvalue weighted by Gasteiger charge is 2.16. The first-order valence-electron chi connectivity index (χ1n) is 8.64. The summed E-state index contributed by atoms with van der Waals surface area (Å²) in [5, 5.41) is 10.5. The second-order valence-electron chi connectivity index (χ2n) is 6.12. The predicted octanol–water partition coefficient (Wildman–Crippen LogP) is 2.79. The van der Waals surface area contributed by atoms with Gasteiger partial charge in [0.2, 0.25) is 0 Å². The number of hydrogen-bond acceptors (Lipinski definition) is 4. The molecule has 0 saturated carbocycles. The Morgan fingerprint density at radius 3 is 2.65 bits per heavy atom. The van der Waals surface area contributed by atoms with Crippen LogP contribution in [0.1, 0.15) is 22.2 Å². The number of nitrogens with one attached hydrogen (secondary N) is 2. The monoisotopic (exact) mass is 348 g/mol. The first kappa shape index (κ1) is 16.5. The highest BCUT2D eigenvalue weighted by atomic mass is 16.5. The maximum Gasteiger partial charge on any atom is 0.276 e. The molecule has 0 spiro atoms. The molecule has 0 unspecified atom stereocenters. The van der Waals surface area contributed by atoms with Crippen LogP contribution in [0.2, 0.25) is 0 Å². The molecule has 1 fully saturated rings. The molecule has 2 aromatic carbocycles. The van der Waals surface area contributed by atoms with Gasteiger partial charge in [-0.25, -0.2) is 4.68 Å². The van der Waals surface area contributed by atoms with Gasteiger partial charge in [0.15, 0.2) is 5.69 Å². The molecule has 1 aliphatic rings. The van der Waals surface area contributed by atoms with Crippen LogP contribution in [-0.2, 0) is 4.74 Å². The number of nitrogens with zero attached hydrogens (tertiary/aromatic N) is 2. The standard InChI is InChI=1S/C20H20N4O2/c25-20(18-10-12-24(23-18)17-4-2-1-3-5-17)22-16-8-6-15(7-9-16)19-14-21-11-13-26-19/h1-10,12,19,21H,11,13-14H2,(H,22,25)/t19-/m1/s1. The maximum atomic E-state index is 12.4. The smallest absolute Gasteiger partial charge is 0.276 e. The van der Waals surface area contributed by atoms with Gasteiger partial charge >= 0.3 is 0 Å². The number of hydrogen-bond donors (Lipinski definition) is 2. The number of amides is 1. The van der Waals surface area contributed by atoms with E-state index in [0.717, 1.165) is 30.0 Å². The molecule has 6 heteroatoms. The number of morpholine rings is 1. The van der Waals surface area contributed by atoms with Crippen LogP contribution in [-0.4, -0.2) is 35.4 Å². The molecule has 4 rings (SSSR count). The summed E-state index contributed by atoms with van der Waals surface area (Å²) in [4.78, 5) is 12.4. The second kappa shape index (κ2) is 7.51. The van der Waals surface area contributed by atoms with Gasteiger partial charge in [0.1, 0.15) is 0 Å². The SMILES string of the molecule is O=C(Nc1ccc([C@H]2CNCCO2)cc1)c1ccn(-c2ccccc2)n1. The third kappa shape index (κ3) is 3.66. The van der Waals surface area contributed by atoms with E-state index in [4.69, 9.17) is 4.74 Å². The molecule has 2 heterocycles. The van der Waals surface area contributed by atoms with Gasteiger partial charge in [-0.3, -0.25) is 4.79 Å². The van der Waals surface area contributed by atoms with E-state index in [0.29, 0.717) is 12.3 Å². The Morgan fingerprint density at radius 1 is 1.12 bits per heavy atom. The lowest BCUT2D eigenvalue weighted by Crippen LogP contribution is -2.33. The minimum absolute atomic E-state index is 0.0649. The Morgan fingerprint density at radius 2 is 1.92 bits per heavy atom. The topological polar surface area (TPSA) is 68.2 Å². The molecular formula is C20H20N4O2. The lowest BCUT2D eigenvalue weighted by molar-refractivity contribution is 0.0277. The van der Waals surface area contributed by atoms with Gasteiger partial charge < -0.3 is 15.4 Å². The first-order chi connectivity index (χ1) is 12.8. The molecule has 1 amide bonds. The summed E-state index contributed by atoms with van der Waals surface area (Å²) < 4.78 is 7.42. The average Bonchev–Trinajstić information content (AvgIpc) is 3.20. The summed E-state index contributed by atoms with van der Waals surface area (Å²) in [6.07, 6.45) is 1.84. The van der Waals surface area contributed by atoms with Crippen molar-refractivity contribution < 1.29 is 9.53 Å². The maximum absolute atomic E-state index is 12.4. The minimum Gasteiger partial charge on any atom is -0.371 e. The van der Waals surface area contributed by atoms with E-state index in [1.165, 1.54) is 0 Å². The fourth-order valence-corrected chi connectivity index (χ4v) is 2.93. The van der Waals surface area contributed by atoms with E-state index >= 15 is 0 Å². The van der Waals surface area contributed by atoms with Gasteiger partial charge in [-0.15, -0.1) is 0 Å².